The molecule has 1 rings (SSSR count). The second kappa shape index (κ2) is 3.47. The van der Waals surface area contributed by atoms with Gasteiger partial charge in [-0.2, -0.15) is 0 Å². The first-order valence-corrected chi connectivity index (χ1v) is 5.21. The lowest BCUT2D eigenvalue weighted by molar-refractivity contribution is -0.214. The van der Waals surface area contributed by atoms with Crippen LogP contribution in [0.1, 0.15) is 41.0 Å². The third-order valence-electron chi connectivity index (χ3n) is 3.02. The third kappa shape index (κ3) is 2.10. The van der Waals surface area contributed by atoms with Gasteiger partial charge in [-0.15, -0.1) is 0 Å². The van der Waals surface area contributed by atoms with Crippen LogP contribution in [0.4, 0.5) is 0 Å². The fraction of sp³-hybridized carbons (Fsp3) is 1.00. The molecule has 84 valence electrons. The molecule has 1 aliphatic heterocycles. The van der Waals surface area contributed by atoms with Gasteiger partial charge in [0.15, 0.2) is 5.79 Å². The van der Waals surface area contributed by atoms with Crippen LogP contribution in [-0.2, 0) is 9.47 Å². The summed E-state index contributed by atoms with van der Waals surface area (Å²) in [7, 11) is 1.70. The normalized spacial score (nSPS) is 39.0. The molecule has 3 heteroatoms. The molecule has 0 radical (unpaired) electrons. The Balaban J connectivity index is 2.82. The van der Waals surface area contributed by atoms with E-state index >= 15 is 0 Å². The highest BCUT2D eigenvalue weighted by molar-refractivity contribution is 5.02. The van der Waals surface area contributed by atoms with E-state index in [-0.39, 0.29) is 11.1 Å². The van der Waals surface area contributed by atoms with Crippen molar-refractivity contribution in [3.63, 3.8) is 0 Å². The molecule has 0 bridgehead atoms. The van der Waals surface area contributed by atoms with Crippen molar-refractivity contribution in [2.24, 2.45) is 0 Å². The Kier molecular flexibility index (Phi) is 2.96. The first-order chi connectivity index (χ1) is 6.22. The Labute approximate surface area is 87.2 Å². The van der Waals surface area contributed by atoms with Crippen LogP contribution in [0, 0.1) is 0 Å². The molecule has 0 spiro atoms. The van der Waals surface area contributed by atoms with Crippen LogP contribution in [0.2, 0.25) is 0 Å². The summed E-state index contributed by atoms with van der Waals surface area (Å²) in [6, 6.07) is 0. The van der Waals surface area contributed by atoms with Gasteiger partial charge in [0, 0.05) is 12.6 Å². The van der Waals surface area contributed by atoms with E-state index in [0.717, 1.165) is 13.0 Å². The van der Waals surface area contributed by atoms with Gasteiger partial charge >= 0.3 is 0 Å². The van der Waals surface area contributed by atoms with Gasteiger partial charge in [0.25, 0.3) is 0 Å². The van der Waals surface area contributed by atoms with Crippen molar-refractivity contribution < 1.29 is 9.47 Å². The first-order valence-electron chi connectivity index (χ1n) is 5.21. The minimum Gasteiger partial charge on any atom is -0.352 e. The highest BCUT2D eigenvalue weighted by Gasteiger charge is 2.51. The molecule has 1 saturated heterocycles. The second-order valence-corrected chi connectivity index (χ2v) is 5.46. The SMILES string of the molecule is CO[C@]1(C)OCC[C@]1(C)NC(C)(C)C. The zero-order chi connectivity index (χ0) is 11.0. The van der Waals surface area contributed by atoms with Gasteiger partial charge in [-0.3, -0.25) is 0 Å². The average Bonchev–Trinajstić information content (AvgIpc) is 2.25. The fourth-order valence-corrected chi connectivity index (χ4v) is 2.12. The lowest BCUT2D eigenvalue weighted by Crippen LogP contribution is -2.62. The Hall–Kier alpha value is -0.120. The Morgan fingerprint density at radius 3 is 2.29 bits per heavy atom. The number of methoxy groups -OCH3 is 1. The maximum absolute atomic E-state index is 5.67. The number of hydrogen-bond acceptors (Lipinski definition) is 3. The molecule has 2 atom stereocenters. The summed E-state index contributed by atoms with van der Waals surface area (Å²) in [6.45, 7) is 11.4. The molecule has 0 aromatic heterocycles. The maximum Gasteiger partial charge on any atom is 0.183 e. The number of hydrogen-bond donors (Lipinski definition) is 1. The zero-order valence-corrected chi connectivity index (χ0v) is 10.2. The predicted molar refractivity (Wildman–Crippen MR) is 57.3 cm³/mol. The van der Waals surface area contributed by atoms with E-state index in [1.807, 2.05) is 6.92 Å². The molecule has 1 aliphatic rings. The van der Waals surface area contributed by atoms with Crippen molar-refractivity contribution in [1.29, 1.82) is 0 Å². The van der Waals surface area contributed by atoms with Gasteiger partial charge in [-0.25, -0.2) is 0 Å². The minimum atomic E-state index is -0.514. The van der Waals surface area contributed by atoms with E-state index in [1.54, 1.807) is 7.11 Å². The first kappa shape index (κ1) is 12.0. The Morgan fingerprint density at radius 1 is 1.29 bits per heavy atom. The third-order valence-corrected chi connectivity index (χ3v) is 3.02. The molecule has 0 aromatic carbocycles. The van der Waals surface area contributed by atoms with E-state index in [2.05, 4.69) is 33.0 Å². The highest BCUT2D eigenvalue weighted by Crippen LogP contribution is 2.37. The smallest absolute Gasteiger partial charge is 0.183 e. The van der Waals surface area contributed by atoms with Crippen LogP contribution in [0.3, 0.4) is 0 Å². The van der Waals surface area contributed by atoms with Crippen LogP contribution in [0.25, 0.3) is 0 Å². The summed E-state index contributed by atoms with van der Waals surface area (Å²) in [6.07, 6.45) is 0.981. The number of ether oxygens (including phenoxy) is 2. The molecule has 3 nitrogen and oxygen atoms in total. The average molecular weight is 201 g/mol. The monoisotopic (exact) mass is 201 g/mol. The lowest BCUT2D eigenvalue weighted by Gasteiger charge is -2.43. The van der Waals surface area contributed by atoms with Crippen LogP contribution < -0.4 is 5.32 Å². The van der Waals surface area contributed by atoms with Crippen molar-refractivity contribution in [2.75, 3.05) is 13.7 Å². The lowest BCUT2D eigenvalue weighted by atomic mass is 9.88. The molecule has 1 heterocycles. The van der Waals surface area contributed by atoms with Gasteiger partial charge in [-0.1, -0.05) is 0 Å². The highest BCUT2D eigenvalue weighted by atomic mass is 16.7. The largest absolute Gasteiger partial charge is 0.352 e. The molecule has 1 N–H and O–H groups in total. The number of rotatable bonds is 2. The molecule has 14 heavy (non-hydrogen) atoms. The van der Waals surface area contributed by atoms with Crippen molar-refractivity contribution in [2.45, 2.75) is 57.9 Å². The quantitative estimate of drug-likeness (QED) is 0.740. The van der Waals surface area contributed by atoms with Crippen molar-refractivity contribution >= 4 is 0 Å². The standard InChI is InChI=1S/C11H23NO2/c1-9(2,3)12-10(4)7-8-14-11(10,5)13-6/h12H,7-8H2,1-6H3/t10-,11+/m0/s1. The molecule has 0 aliphatic carbocycles. The molecule has 0 amide bonds. The summed E-state index contributed by atoms with van der Waals surface area (Å²) < 4.78 is 11.1. The van der Waals surface area contributed by atoms with Crippen LogP contribution in [-0.4, -0.2) is 30.6 Å². The van der Waals surface area contributed by atoms with E-state index in [0.29, 0.717) is 0 Å². The predicted octanol–water partition coefficient (Wildman–Crippen LogP) is 1.92. The fourth-order valence-electron chi connectivity index (χ4n) is 2.12. The van der Waals surface area contributed by atoms with Crippen LogP contribution in [0.5, 0.6) is 0 Å². The summed E-state index contributed by atoms with van der Waals surface area (Å²) >= 11 is 0. The van der Waals surface area contributed by atoms with E-state index < -0.39 is 5.79 Å². The van der Waals surface area contributed by atoms with Gasteiger partial charge in [0.05, 0.1) is 12.1 Å². The van der Waals surface area contributed by atoms with Gasteiger partial charge in [-0.05, 0) is 41.0 Å². The molecule has 0 unspecified atom stereocenters. The van der Waals surface area contributed by atoms with Crippen LogP contribution >= 0.6 is 0 Å². The summed E-state index contributed by atoms with van der Waals surface area (Å²) in [5.41, 5.74) is -0.0394. The second-order valence-electron chi connectivity index (χ2n) is 5.46. The summed E-state index contributed by atoms with van der Waals surface area (Å²) in [5, 5.41) is 3.59. The summed E-state index contributed by atoms with van der Waals surface area (Å²) in [5.74, 6) is -0.514. The molecular weight excluding hydrogens is 178 g/mol. The van der Waals surface area contributed by atoms with Crippen LogP contribution in [0.15, 0.2) is 0 Å². The van der Waals surface area contributed by atoms with Crippen molar-refractivity contribution in [3.05, 3.63) is 0 Å². The zero-order valence-electron chi connectivity index (χ0n) is 10.2. The topological polar surface area (TPSA) is 30.5 Å². The minimum absolute atomic E-state index is 0.0717. The van der Waals surface area contributed by atoms with Crippen molar-refractivity contribution in [3.8, 4) is 0 Å². The van der Waals surface area contributed by atoms with E-state index in [1.165, 1.54) is 0 Å². The summed E-state index contributed by atoms with van der Waals surface area (Å²) in [4.78, 5) is 0. The van der Waals surface area contributed by atoms with Gasteiger partial charge in [0.1, 0.15) is 0 Å². The van der Waals surface area contributed by atoms with Gasteiger partial charge < -0.3 is 14.8 Å². The Morgan fingerprint density at radius 2 is 1.86 bits per heavy atom. The van der Waals surface area contributed by atoms with Gasteiger partial charge in [0.2, 0.25) is 0 Å². The van der Waals surface area contributed by atoms with E-state index in [4.69, 9.17) is 9.47 Å². The molecule has 0 aromatic rings. The molecular formula is C11H23NO2. The molecule has 1 fully saturated rings. The van der Waals surface area contributed by atoms with E-state index in [9.17, 15) is 0 Å². The van der Waals surface area contributed by atoms with Crippen molar-refractivity contribution in [1.82, 2.24) is 5.32 Å². The maximum atomic E-state index is 5.67. The molecule has 0 saturated carbocycles. The number of nitrogens with one attached hydrogen (secondary N) is 1. The Bertz CT molecular complexity index is 212.